The zero-order valence-electron chi connectivity index (χ0n) is 8.29. The highest BCUT2D eigenvalue weighted by atomic mass is 15.2. The van der Waals surface area contributed by atoms with Gasteiger partial charge in [-0.3, -0.25) is 4.90 Å². The van der Waals surface area contributed by atoms with Gasteiger partial charge in [0.1, 0.15) is 0 Å². The molecule has 0 spiro atoms. The number of hydrogen-bond acceptors (Lipinski definition) is 3. The predicted molar refractivity (Wildman–Crippen MR) is 51.9 cm³/mol. The first-order valence-corrected chi connectivity index (χ1v) is 4.79. The topological polar surface area (TPSA) is 32.5 Å². The number of hydrogen-bond donors (Lipinski definition) is 1. The van der Waals surface area contributed by atoms with Gasteiger partial charge in [0.15, 0.2) is 0 Å². The number of nitrogens with two attached hydrogens (primary N) is 1. The van der Waals surface area contributed by atoms with Crippen LogP contribution in [0, 0.1) is 5.92 Å². The summed E-state index contributed by atoms with van der Waals surface area (Å²) in [5.74, 6) is 0.831. The highest BCUT2D eigenvalue weighted by molar-refractivity contribution is 4.72. The van der Waals surface area contributed by atoms with Gasteiger partial charge in [0, 0.05) is 19.8 Å². The van der Waals surface area contributed by atoms with Crippen molar-refractivity contribution >= 4 is 0 Å². The number of rotatable bonds is 3. The fraction of sp³-hybridized carbons (Fsp3) is 1.00. The van der Waals surface area contributed by atoms with Gasteiger partial charge in [-0.1, -0.05) is 0 Å². The van der Waals surface area contributed by atoms with Crippen LogP contribution in [0.3, 0.4) is 0 Å². The van der Waals surface area contributed by atoms with Crippen molar-refractivity contribution in [2.45, 2.75) is 12.8 Å². The zero-order valence-corrected chi connectivity index (χ0v) is 8.29. The summed E-state index contributed by atoms with van der Waals surface area (Å²) < 4.78 is 0. The molecule has 0 aromatic rings. The molecule has 72 valence electrons. The van der Waals surface area contributed by atoms with Crippen molar-refractivity contribution in [1.29, 1.82) is 0 Å². The van der Waals surface area contributed by atoms with E-state index in [2.05, 4.69) is 23.9 Å². The Morgan fingerprint density at radius 1 is 1.58 bits per heavy atom. The lowest BCUT2D eigenvalue weighted by molar-refractivity contribution is 0.168. The van der Waals surface area contributed by atoms with Crippen molar-refractivity contribution < 1.29 is 0 Å². The Kier molecular flexibility index (Phi) is 3.98. The van der Waals surface area contributed by atoms with E-state index in [1.807, 2.05) is 0 Å². The molecule has 2 N–H and O–H groups in total. The van der Waals surface area contributed by atoms with E-state index in [0.29, 0.717) is 6.67 Å². The Balaban J connectivity index is 2.22. The van der Waals surface area contributed by atoms with Crippen LogP contribution in [0.1, 0.15) is 12.8 Å². The number of piperidine rings is 1. The minimum atomic E-state index is 0.681. The van der Waals surface area contributed by atoms with Gasteiger partial charge in [-0.25, -0.2) is 0 Å². The Bertz CT molecular complexity index is 127. The van der Waals surface area contributed by atoms with Crippen molar-refractivity contribution in [3.63, 3.8) is 0 Å². The lowest BCUT2D eigenvalue weighted by atomic mass is 9.98. The maximum absolute atomic E-state index is 5.54. The average Bonchev–Trinajstić information content (AvgIpc) is 2.04. The third-order valence-electron chi connectivity index (χ3n) is 2.60. The lowest BCUT2D eigenvalue weighted by Crippen LogP contribution is -2.39. The van der Waals surface area contributed by atoms with Gasteiger partial charge in [-0.15, -0.1) is 0 Å². The summed E-state index contributed by atoms with van der Waals surface area (Å²) >= 11 is 0. The summed E-state index contributed by atoms with van der Waals surface area (Å²) in [5.41, 5.74) is 5.54. The second kappa shape index (κ2) is 4.80. The van der Waals surface area contributed by atoms with E-state index in [1.165, 1.54) is 25.9 Å². The first-order valence-electron chi connectivity index (χ1n) is 4.79. The summed E-state index contributed by atoms with van der Waals surface area (Å²) in [7, 11) is 4.29. The van der Waals surface area contributed by atoms with Crippen LogP contribution in [0.2, 0.25) is 0 Å². The second-order valence-electron chi connectivity index (χ2n) is 3.99. The van der Waals surface area contributed by atoms with Crippen molar-refractivity contribution in [3.8, 4) is 0 Å². The van der Waals surface area contributed by atoms with Crippen LogP contribution >= 0.6 is 0 Å². The summed E-state index contributed by atoms with van der Waals surface area (Å²) in [6, 6.07) is 0. The molecule has 1 rings (SSSR count). The Hall–Kier alpha value is -0.120. The summed E-state index contributed by atoms with van der Waals surface area (Å²) in [5, 5.41) is 0. The largest absolute Gasteiger partial charge is 0.318 e. The van der Waals surface area contributed by atoms with Gasteiger partial charge in [-0.05, 0) is 39.4 Å². The Labute approximate surface area is 75.5 Å². The van der Waals surface area contributed by atoms with Crippen LogP contribution in [0.15, 0.2) is 0 Å². The molecule has 1 heterocycles. The molecular formula is C9H21N3. The molecule has 0 aromatic carbocycles. The standard InChI is InChI=1S/C9H21N3/c1-11-5-3-4-9(6-11)7-12(2)8-10/h9H,3-8,10H2,1-2H3. The van der Waals surface area contributed by atoms with E-state index in [-0.39, 0.29) is 0 Å². The molecule has 3 nitrogen and oxygen atoms in total. The summed E-state index contributed by atoms with van der Waals surface area (Å²) in [6.07, 6.45) is 2.72. The molecule has 1 aliphatic rings. The molecule has 0 aliphatic carbocycles. The molecule has 0 aromatic heterocycles. The van der Waals surface area contributed by atoms with Gasteiger partial charge in [0.2, 0.25) is 0 Å². The minimum Gasteiger partial charge on any atom is -0.318 e. The van der Waals surface area contributed by atoms with Crippen LogP contribution in [0.4, 0.5) is 0 Å². The van der Waals surface area contributed by atoms with Gasteiger partial charge in [0.25, 0.3) is 0 Å². The lowest BCUT2D eigenvalue weighted by Gasteiger charge is -2.31. The fourth-order valence-corrected chi connectivity index (χ4v) is 1.94. The van der Waals surface area contributed by atoms with Crippen molar-refractivity contribution in [2.24, 2.45) is 11.7 Å². The van der Waals surface area contributed by atoms with E-state index >= 15 is 0 Å². The molecular weight excluding hydrogens is 150 g/mol. The molecule has 1 atom stereocenters. The third-order valence-corrected chi connectivity index (χ3v) is 2.60. The molecule has 0 radical (unpaired) electrons. The fourth-order valence-electron chi connectivity index (χ4n) is 1.94. The van der Waals surface area contributed by atoms with Crippen molar-refractivity contribution in [2.75, 3.05) is 40.4 Å². The van der Waals surface area contributed by atoms with Crippen molar-refractivity contribution in [3.05, 3.63) is 0 Å². The second-order valence-corrected chi connectivity index (χ2v) is 3.99. The monoisotopic (exact) mass is 171 g/mol. The molecule has 1 saturated heterocycles. The van der Waals surface area contributed by atoms with E-state index in [4.69, 9.17) is 5.73 Å². The van der Waals surface area contributed by atoms with Gasteiger partial charge >= 0.3 is 0 Å². The van der Waals surface area contributed by atoms with E-state index in [0.717, 1.165) is 12.5 Å². The van der Waals surface area contributed by atoms with Crippen LogP contribution in [-0.2, 0) is 0 Å². The van der Waals surface area contributed by atoms with E-state index in [1.54, 1.807) is 0 Å². The molecule has 3 heteroatoms. The highest BCUT2D eigenvalue weighted by Gasteiger charge is 2.17. The van der Waals surface area contributed by atoms with Crippen molar-refractivity contribution in [1.82, 2.24) is 9.80 Å². The summed E-state index contributed by atoms with van der Waals surface area (Å²) in [6.45, 7) is 4.34. The number of likely N-dealkylation sites (tertiary alicyclic amines) is 1. The molecule has 0 bridgehead atoms. The van der Waals surface area contributed by atoms with Gasteiger partial charge < -0.3 is 10.6 Å². The van der Waals surface area contributed by atoms with Crippen LogP contribution in [-0.4, -0.2) is 50.2 Å². The molecule has 0 saturated carbocycles. The maximum Gasteiger partial charge on any atom is 0.0452 e. The average molecular weight is 171 g/mol. The molecule has 0 amide bonds. The Morgan fingerprint density at radius 2 is 2.33 bits per heavy atom. The minimum absolute atomic E-state index is 0.681. The van der Waals surface area contributed by atoms with Gasteiger partial charge in [-0.2, -0.15) is 0 Å². The molecule has 1 fully saturated rings. The molecule has 12 heavy (non-hydrogen) atoms. The van der Waals surface area contributed by atoms with Gasteiger partial charge in [0.05, 0.1) is 0 Å². The first kappa shape index (κ1) is 9.96. The predicted octanol–water partition coefficient (Wildman–Crippen LogP) is 0.176. The van der Waals surface area contributed by atoms with E-state index < -0.39 is 0 Å². The maximum atomic E-state index is 5.54. The molecule has 1 unspecified atom stereocenters. The Morgan fingerprint density at radius 3 is 2.92 bits per heavy atom. The van der Waals surface area contributed by atoms with E-state index in [9.17, 15) is 0 Å². The normalized spacial score (nSPS) is 26.5. The SMILES string of the molecule is CN(CN)CC1CCCN(C)C1. The summed E-state index contributed by atoms with van der Waals surface area (Å²) in [4.78, 5) is 4.61. The van der Waals surface area contributed by atoms with Crippen LogP contribution in [0.5, 0.6) is 0 Å². The third kappa shape index (κ3) is 3.09. The highest BCUT2D eigenvalue weighted by Crippen LogP contribution is 2.15. The molecule has 1 aliphatic heterocycles. The smallest absolute Gasteiger partial charge is 0.0452 e. The van der Waals surface area contributed by atoms with Crippen LogP contribution in [0.25, 0.3) is 0 Å². The number of nitrogens with zero attached hydrogens (tertiary/aromatic N) is 2. The zero-order chi connectivity index (χ0) is 8.97. The van der Waals surface area contributed by atoms with Crippen LogP contribution < -0.4 is 5.73 Å². The quantitative estimate of drug-likeness (QED) is 0.615. The first-order chi connectivity index (χ1) is 5.72.